The number of carbonyl (C=O) groups is 1. The molecule has 1 rings (SSSR count). The quantitative estimate of drug-likeness (QED) is 0.768. The summed E-state index contributed by atoms with van der Waals surface area (Å²) in [5, 5.41) is 0. The lowest BCUT2D eigenvalue weighted by Crippen LogP contribution is -2.31. The highest BCUT2D eigenvalue weighted by molar-refractivity contribution is 5.75. The Morgan fingerprint density at radius 3 is 2.40 bits per heavy atom. The summed E-state index contributed by atoms with van der Waals surface area (Å²) in [6.07, 6.45) is 0.432. The van der Waals surface area contributed by atoms with Crippen molar-refractivity contribution in [1.82, 2.24) is 9.80 Å². The van der Waals surface area contributed by atoms with E-state index in [2.05, 4.69) is 0 Å². The van der Waals surface area contributed by atoms with Gasteiger partial charge in [-0.1, -0.05) is 13.0 Å². The molecular weight excluding hydrogens is 262 g/mol. The predicted octanol–water partition coefficient (Wildman–Crippen LogP) is 2.66. The zero-order valence-electron chi connectivity index (χ0n) is 12.3. The minimum Gasteiger partial charge on any atom is -0.346 e. The monoisotopic (exact) mass is 284 g/mol. The summed E-state index contributed by atoms with van der Waals surface area (Å²) in [6, 6.07) is 3.91. The lowest BCUT2D eigenvalue weighted by atomic mass is 10.2. The van der Waals surface area contributed by atoms with Gasteiger partial charge in [0.25, 0.3) is 0 Å². The van der Waals surface area contributed by atoms with Crippen molar-refractivity contribution < 1.29 is 13.6 Å². The Balaban J connectivity index is 2.54. The van der Waals surface area contributed by atoms with E-state index in [0.717, 1.165) is 12.6 Å². The minimum atomic E-state index is -0.837. The average Bonchev–Trinajstić information content (AvgIpc) is 2.45. The number of amides is 1. The molecular formula is C15H22F2N2O. The van der Waals surface area contributed by atoms with Gasteiger partial charge in [0.1, 0.15) is 0 Å². The van der Waals surface area contributed by atoms with Crippen molar-refractivity contribution in [3.8, 4) is 0 Å². The molecule has 0 aromatic heterocycles. The normalized spacial score (nSPS) is 10.9. The fourth-order valence-corrected chi connectivity index (χ4v) is 1.87. The number of carbonyl (C=O) groups excluding carboxylic acids is 1. The van der Waals surface area contributed by atoms with Gasteiger partial charge < -0.3 is 4.90 Å². The van der Waals surface area contributed by atoms with Crippen molar-refractivity contribution in [2.45, 2.75) is 26.8 Å². The van der Waals surface area contributed by atoms with E-state index in [9.17, 15) is 13.6 Å². The Labute approximate surface area is 119 Å². The summed E-state index contributed by atoms with van der Waals surface area (Å²) < 4.78 is 26.0. The Bertz CT molecular complexity index is 451. The minimum absolute atomic E-state index is 0.0937. The molecule has 0 bridgehead atoms. The van der Waals surface area contributed by atoms with Crippen LogP contribution in [0.2, 0.25) is 0 Å². The van der Waals surface area contributed by atoms with E-state index in [1.165, 1.54) is 6.07 Å². The van der Waals surface area contributed by atoms with Crippen LogP contribution in [0, 0.1) is 11.6 Å². The Morgan fingerprint density at radius 1 is 1.15 bits per heavy atom. The van der Waals surface area contributed by atoms with Crippen LogP contribution in [-0.4, -0.2) is 42.4 Å². The van der Waals surface area contributed by atoms with Crippen molar-refractivity contribution in [1.29, 1.82) is 0 Å². The number of nitrogens with zero attached hydrogens (tertiary/aromatic N) is 2. The average molecular weight is 284 g/mol. The van der Waals surface area contributed by atoms with Crippen LogP contribution in [0.25, 0.3) is 0 Å². The second-order valence-electron chi connectivity index (χ2n) is 4.78. The summed E-state index contributed by atoms with van der Waals surface area (Å²) in [4.78, 5) is 15.4. The zero-order valence-corrected chi connectivity index (χ0v) is 12.3. The molecule has 0 radical (unpaired) electrons. The van der Waals surface area contributed by atoms with E-state index in [4.69, 9.17) is 0 Å². The number of benzene rings is 1. The molecule has 0 heterocycles. The van der Waals surface area contributed by atoms with Crippen molar-refractivity contribution in [3.05, 3.63) is 35.4 Å². The summed E-state index contributed by atoms with van der Waals surface area (Å²) in [7, 11) is 1.77. The number of hydrogen-bond donors (Lipinski definition) is 0. The smallest absolute Gasteiger partial charge is 0.223 e. The molecule has 1 aromatic carbocycles. The largest absolute Gasteiger partial charge is 0.346 e. The van der Waals surface area contributed by atoms with E-state index in [1.807, 2.05) is 18.7 Å². The van der Waals surface area contributed by atoms with Crippen LogP contribution in [0.5, 0.6) is 0 Å². The Kier molecular flexibility index (Phi) is 6.58. The van der Waals surface area contributed by atoms with Gasteiger partial charge >= 0.3 is 0 Å². The highest BCUT2D eigenvalue weighted by Crippen LogP contribution is 2.11. The summed E-state index contributed by atoms with van der Waals surface area (Å²) in [6.45, 7) is 6.47. The molecule has 0 saturated heterocycles. The Hall–Kier alpha value is -1.49. The molecule has 0 aliphatic rings. The second kappa shape index (κ2) is 7.94. The fourth-order valence-electron chi connectivity index (χ4n) is 1.87. The van der Waals surface area contributed by atoms with Crippen molar-refractivity contribution >= 4 is 5.91 Å². The van der Waals surface area contributed by atoms with Crippen molar-refractivity contribution in [2.24, 2.45) is 0 Å². The molecule has 0 atom stereocenters. The van der Waals surface area contributed by atoms with Gasteiger partial charge in [-0.25, -0.2) is 8.78 Å². The first kappa shape index (κ1) is 16.6. The van der Waals surface area contributed by atoms with Gasteiger partial charge in [-0.3, -0.25) is 9.69 Å². The summed E-state index contributed by atoms with van der Waals surface area (Å²) >= 11 is 0. The number of hydrogen-bond acceptors (Lipinski definition) is 2. The highest BCUT2D eigenvalue weighted by Gasteiger charge is 2.11. The van der Waals surface area contributed by atoms with Crippen LogP contribution < -0.4 is 0 Å². The van der Waals surface area contributed by atoms with Crippen LogP contribution in [-0.2, 0) is 11.3 Å². The molecule has 5 heteroatoms. The fraction of sp³-hybridized carbons (Fsp3) is 0.533. The van der Waals surface area contributed by atoms with E-state index in [1.54, 1.807) is 18.0 Å². The predicted molar refractivity (Wildman–Crippen MR) is 75.2 cm³/mol. The van der Waals surface area contributed by atoms with Crippen molar-refractivity contribution in [2.75, 3.05) is 26.7 Å². The molecule has 0 aliphatic carbocycles. The topological polar surface area (TPSA) is 23.6 Å². The molecule has 112 valence electrons. The molecule has 0 fully saturated rings. The first-order valence-corrected chi connectivity index (χ1v) is 6.88. The molecule has 20 heavy (non-hydrogen) atoms. The van der Waals surface area contributed by atoms with Gasteiger partial charge in [0.2, 0.25) is 5.91 Å². The van der Waals surface area contributed by atoms with Crippen LogP contribution in [0.4, 0.5) is 8.78 Å². The van der Waals surface area contributed by atoms with Gasteiger partial charge in [0.15, 0.2) is 11.6 Å². The first-order chi connectivity index (χ1) is 9.47. The Morgan fingerprint density at radius 2 is 1.85 bits per heavy atom. The van der Waals surface area contributed by atoms with Gasteiger partial charge in [-0.05, 0) is 31.2 Å². The second-order valence-corrected chi connectivity index (χ2v) is 4.78. The van der Waals surface area contributed by atoms with Crippen LogP contribution >= 0.6 is 0 Å². The summed E-state index contributed by atoms with van der Waals surface area (Å²) in [5.41, 5.74) is 0.710. The van der Waals surface area contributed by atoms with Crippen molar-refractivity contribution in [3.63, 3.8) is 0 Å². The van der Waals surface area contributed by atoms with E-state index in [-0.39, 0.29) is 5.91 Å². The molecule has 0 aliphatic heterocycles. The van der Waals surface area contributed by atoms with E-state index >= 15 is 0 Å². The molecule has 0 spiro atoms. The maximum Gasteiger partial charge on any atom is 0.223 e. The number of halogens is 2. The van der Waals surface area contributed by atoms with Crippen LogP contribution in [0.1, 0.15) is 25.8 Å². The van der Waals surface area contributed by atoms with Gasteiger partial charge in [-0.15, -0.1) is 0 Å². The third kappa shape index (κ3) is 4.89. The highest BCUT2D eigenvalue weighted by atomic mass is 19.2. The lowest BCUT2D eigenvalue weighted by molar-refractivity contribution is -0.130. The summed E-state index contributed by atoms with van der Waals surface area (Å²) in [5.74, 6) is -1.58. The lowest BCUT2D eigenvalue weighted by Gasteiger charge is -2.22. The van der Waals surface area contributed by atoms with Crippen LogP contribution in [0.3, 0.4) is 0 Å². The molecule has 1 aromatic rings. The standard InChI is InChI=1S/C15H22F2N2O/c1-4-18(3)15(20)8-9-19(5-2)11-12-6-7-13(16)14(17)10-12/h6-7,10H,4-5,8-9,11H2,1-3H3. The van der Waals surface area contributed by atoms with E-state index < -0.39 is 11.6 Å². The molecule has 3 nitrogen and oxygen atoms in total. The molecule has 0 saturated carbocycles. The SMILES string of the molecule is CCN(CCC(=O)N(C)CC)Cc1ccc(F)c(F)c1. The van der Waals surface area contributed by atoms with Gasteiger partial charge in [0.05, 0.1) is 0 Å². The first-order valence-electron chi connectivity index (χ1n) is 6.88. The maximum atomic E-state index is 13.1. The maximum absolute atomic E-state index is 13.1. The van der Waals surface area contributed by atoms with Gasteiger partial charge in [-0.2, -0.15) is 0 Å². The molecule has 1 amide bonds. The third-order valence-electron chi connectivity index (χ3n) is 3.38. The molecule has 0 N–H and O–H groups in total. The van der Waals surface area contributed by atoms with Crippen LogP contribution in [0.15, 0.2) is 18.2 Å². The molecule has 0 unspecified atom stereocenters. The van der Waals surface area contributed by atoms with E-state index in [0.29, 0.717) is 31.6 Å². The van der Waals surface area contributed by atoms with Gasteiger partial charge in [0, 0.05) is 33.1 Å². The number of rotatable bonds is 7. The third-order valence-corrected chi connectivity index (χ3v) is 3.38. The zero-order chi connectivity index (χ0) is 15.1.